The largest absolute Gasteiger partial charge is 1.00 e. The molecular formula is C16H38KN2O4P2-. The van der Waals surface area contributed by atoms with E-state index in [1.807, 2.05) is 9.34 Å². The van der Waals surface area contributed by atoms with Crippen molar-refractivity contribution in [2.45, 2.75) is 53.4 Å². The van der Waals surface area contributed by atoms with Crippen LogP contribution in [0, 0.1) is 13.3 Å². The molecule has 0 aliphatic carbocycles. The number of nitrogens with zero attached hydrogens (tertiary/aromatic N) is 2. The van der Waals surface area contributed by atoms with Gasteiger partial charge in [-0.2, -0.15) is 0 Å². The smallest absolute Gasteiger partial charge is 0.343 e. The van der Waals surface area contributed by atoms with Crippen molar-refractivity contribution in [3.8, 4) is 0 Å². The Hall–Kier alpha value is 1.94. The van der Waals surface area contributed by atoms with E-state index in [-0.39, 0.29) is 51.4 Å². The molecule has 0 heterocycles. The molecule has 0 N–H and O–H groups in total. The summed E-state index contributed by atoms with van der Waals surface area (Å²) in [4.78, 5) is 0. The molecule has 0 aliphatic heterocycles. The van der Waals surface area contributed by atoms with Crippen LogP contribution in [-0.2, 0) is 18.2 Å². The van der Waals surface area contributed by atoms with E-state index in [4.69, 9.17) is 9.05 Å². The van der Waals surface area contributed by atoms with E-state index in [1.165, 1.54) is 14.2 Å². The first-order chi connectivity index (χ1) is 11.2. The van der Waals surface area contributed by atoms with E-state index >= 15 is 0 Å². The first-order valence-corrected chi connectivity index (χ1v) is 12.2. The van der Waals surface area contributed by atoms with E-state index in [0.717, 1.165) is 51.9 Å². The van der Waals surface area contributed by atoms with Gasteiger partial charge in [0.05, 0.1) is 0 Å². The molecule has 0 radical (unpaired) electrons. The fraction of sp³-hybridized carbons (Fsp3) is 0.875. The van der Waals surface area contributed by atoms with Crippen LogP contribution in [0.2, 0.25) is 0 Å². The number of hydrogen-bond acceptors (Lipinski definition) is 4. The molecule has 148 valence electrons. The van der Waals surface area contributed by atoms with Gasteiger partial charge in [-0.1, -0.05) is 27.7 Å². The van der Waals surface area contributed by atoms with Gasteiger partial charge >= 0.3 is 51.4 Å². The van der Waals surface area contributed by atoms with Crippen molar-refractivity contribution < 1.29 is 69.6 Å². The van der Waals surface area contributed by atoms with Crippen LogP contribution in [0.15, 0.2) is 0 Å². The van der Waals surface area contributed by atoms with Gasteiger partial charge in [-0.15, -0.1) is 0 Å². The minimum atomic E-state index is -2.73. The van der Waals surface area contributed by atoms with E-state index in [1.54, 1.807) is 0 Å². The monoisotopic (exact) mass is 423 g/mol. The second kappa shape index (κ2) is 18.0. The number of rotatable bonds is 12. The molecule has 0 fully saturated rings. The zero-order valence-electron chi connectivity index (χ0n) is 17.5. The Balaban J connectivity index is -0.000000372. The standard InChI is InChI=1S/2C8H19NO2P.K/c2*1-5-7-9(8-6-2)12(4,10)11-3;/h2*4-8H2,1-3H3;/q2*-1;+1. The molecule has 0 aliphatic rings. The van der Waals surface area contributed by atoms with Crippen molar-refractivity contribution in [3.63, 3.8) is 0 Å². The van der Waals surface area contributed by atoms with Crippen LogP contribution in [0.3, 0.4) is 0 Å². The van der Waals surface area contributed by atoms with E-state index in [2.05, 4.69) is 41.0 Å². The molecule has 9 heteroatoms. The maximum atomic E-state index is 11.7. The predicted octanol–water partition coefficient (Wildman–Crippen LogP) is 2.48. The summed E-state index contributed by atoms with van der Waals surface area (Å²) >= 11 is 0. The summed E-state index contributed by atoms with van der Waals surface area (Å²) in [6, 6.07) is 0. The molecule has 0 aromatic carbocycles. The third-order valence-electron chi connectivity index (χ3n) is 3.36. The van der Waals surface area contributed by atoms with Gasteiger partial charge in [-0.05, 0) is 25.7 Å². The van der Waals surface area contributed by atoms with Gasteiger partial charge in [0.1, 0.15) is 15.0 Å². The second-order valence-electron chi connectivity index (χ2n) is 5.55. The summed E-state index contributed by atoms with van der Waals surface area (Å²) < 4.78 is 36.7. The number of hydrogen-bond donors (Lipinski definition) is 0. The minimum absolute atomic E-state index is 0. The molecule has 0 spiro atoms. The predicted molar refractivity (Wildman–Crippen MR) is 104 cm³/mol. The maximum absolute atomic E-state index is 11.7. The Morgan fingerprint density at radius 2 is 0.880 bits per heavy atom. The summed E-state index contributed by atoms with van der Waals surface area (Å²) in [6.45, 7) is 18.6. The Morgan fingerprint density at radius 3 is 1.00 bits per heavy atom. The zero-order chi connectivity index (χ0) is 19.2. The van der Waals surface area contributed by atoms with Gasteiger partial charge in [0.2, 0.25) is 0 Å². The van der Waals surface area contributed by atoms with E-state index in [9.17, 15) is 9.13 Å². The fourth-order valence-electron chi connectivity index (χ4n) is 2.10. The van der Waals surface area contributed by atoms with Gasteiger partial charge in [0, 0.05) is 40.4 Å². The Morgan fingerprint density at radius 1 is 0.680 bits per heavy atom. The molecule has 25 heavy (non-hydrogen) atoms. The fourth-order valence-corrected chi connectivity index (χ4v) is 4.58. The first kappa shape index (κ1) is 31.6. The van der Waals surface area contributed by atoms with Crippen LogP contribution < -0.4 is 51.4 Å². The molecule has 2 atom stereocenters. The van der Waals surface area contributed by atoms with E-state index in [0.29, 0.717) is 0 Å². The van der Waals surface area contributed by atoms with Gasteiger partial charge in [-0.25, -0.2) is 13.3 Å². The molecule has 0 aromatic rings. The molecule has 0 rings (SSSR count). The van der Waals surface area contributed by atoms with Crippen molar-refractivity contribution in [3.05, 3.63) is 13.3 Å². The molecule has 6 nitrogen and oxygen atoms in total. The summed E-state index contributed by atoms with van der Waals surface area (Å²) in [7, 11) is -2.57. The van der Waals surface area contributed by atoms with Crippen molar-refractivity contribution >= 4 is 15.0 Å². The Kier molecular flexibility index (Phi) is 22.8. The van der Waals surface area contributed by atoms with Crippen molar-refractivity contribution in [2.24, 2.45) is 0 Å². The van der Waals surface area contributed by atoms with Gasteiger partial charge in [-0.3, -0.25) is 9.34 Å². The van der Waals surface area contributed by atoms with Gasteiger partial charge in [0.25, 0.3) is 0 Å². The molecule has 0 amide bonds. The topological polar surface area (TPSA) is 59.1 Å². The molecular weight excluding hydrogens is 385 g/mol. The molecule has 0 aromatic heterocycles. The molecule has 0 saturated heterocycles. The van der Waals surface area contributed by atoms with Crippen LogP contribution >= 0.6 is 15.0 Å². The van der Waals surface area contributed by atoms with E-state index < -0.39 is 15.0 Å². The normalized spacial score (nSPS) is 15.8. The average Bonchev–Trinajstić information content (AvgIpc) is 2.55. The van der Waals surface area contributed by atoms with Crippen molar-refractivity contribution in [2.75, 3.05) is 40.4 Å². The van der Waals surface area contributed by atoms with Crippen LogP contribution in [0.4, 0.5) is 0 Å². The third kappa shape index (κ3) is 14.6. The summed E-state index contributed by atoms with van der Waals surface area (Å²) in [5.74, 6) is 0. The van der Waals surface area contributed by atoms with Crippen LogP contribution in [-0.4, -0.2) is 49.7 Å². The summed E-state index contributed by atoms with van der Waals surface area (Å²) in [5.41, 5.74) is 0. The third-order valence-corrected chi connectivity index (χ3v) is 7.02. The summed E-state index contributed by atoms with van der Waals surface area (Å²) in [5, 5.41) is 0. The maximum Gasteiger partial charge on any atom is 1.00 e. The second-order valence-corrected chi connectivity index (χ2v) is 9.96. The molecule has 0 saturated carbocycles. The SMILES string of the molecule is [CH2-]P(=O)(OC)N(CCC)CCC.[CH2-]P(=O)(OC)N(CCC)CCC.[K+]. The van der Waals surface area contributed by atoms with Gasteiger partial charge < -0.3 is 18.2 Å². The minimum Gasteiger partial charge on any atom is -0.343 e. The molecule has 0 bridgehead atoms. The molecule has 2 unspecified atom stereocenters. The van der Waals surface area contributed by atoms with Crippen molar-refractivity contribution in [1.82, 2.24) is 9.34 Å². The van der Waals surface area contributed by atoms with Crippen LogP contribution in [0.5, 0.6) is 0 Å². The van der Waals surface area contributed by atoms with Gasteiger partial charge in [0.15, 0.2) is 0 Å². The quantitative estimate of drug-likeness (QED) is 0.273. The van der Waals surface area contributed by atoms with Crippen LogP contribution in [0.25, 0.3) is 0 Å². The Bertz CT molecular complexity index is 352. The Labute approximate surface area is 199 Å². The summed E-state index contributed by atoms with van der Waals surface area (Å²) in [6.07, 6.45) is 3.90. The van der Waals surface area contributed by atoms with Crippen LogP contribution in [0.1, 0.15) is 53.4 Å². The average molecular weight is 424 g/mol. The first-order valence-electron chi connectivity index (χ1n) is 8.67. The van der Waals surface area contributed by atoms with Crippen molar-refractivity contribution in [1.29, 1.82) is 0 Å². The zero-order valence-corrected chi connectivity index (χ0v) is 22.4.